The fraction of sp³-hybridized carbons (Fsp3) is 0.286. The van der Waals surface area contributed by atoms with Gasteiger partial charge < -0.3 is 19.5 Å². The van der Waals surface area contributed by atoms with Crippen molar-refractivity contribution >= 4 is 11.9 Å². The maximum absolute atomic E-state index is 11.8. The van der Waals surface area contributed by atoms with Crippen LogP contribution in [0.15, 0.2) is 18.2 Å². The Balaban J connectivity index is 1.93. The van der Waals surface area contributed by atoms with E-state index in [1.165, 1.54) is 6.07 Å². The zero-order chi connectivity index (χ0) is 14.4. The molecule has 0 aliphatic carbocycles. The number of carbonyl (C=O) groups excluding carboxylic acids is 2. The summed E-state index contributed by atoms with van der Waals surface area (Å²) in [5.74, 6) is 2.26. The Morgan fingerprint density at radius 1 is 1.30 bits per heavy atom. The van der Waals surface area contributed by atoms with E-state index in [1.807, 2.05) is 0 Å². The monoisotopic (exact) mass is 275 g/mol. The minimum atomic E-state index is -0.613. The summed E-state index contributed by atoms with van der Waals surface area (Å²) < 4.78 is 15.6. The minimum Gasteiger partial charge on any atom is -0.486 e. The van der Waals surface area contributed by atoms with Gasteiger partial charge in [-0.05, 0) is 18.2 Å². The molecule has 0 saturated carbocycles. The second kappa shape index (κ2) is 6.48. The van der Waals surface area contributed by atoms with E-state index in [2.05, 4.69) is 11.2 Å². The van der Waals surface area contributed by atoms with Crippen molar-refractivity contribution in [3.05, 3.63) is 23.8 Å². The van der Waals surface area contributed by atoms with Crippen molar-refractivity contribution in [3.8, 4) is 23.8 Å². The summed E-state index contributed by atoms with van der Waals surface area (Å²) in [7, 11) is 0. The number of esters is 1. The lowest BCUT2D eigenvalue weighted by Gasteiger charge is -2.18. The molecule has 1 aromatic rings. The summed E-state index contributed by atoms with van der Waals surface area (Å²) in [5.41, 5.74) is 0.291. The number of fused-ring (bicyclic) bond motifs is 1. The van der Waals surface area contributed by atoms with Gasteiger partial charge >= 0.3 is 5.97 Å². The third-order valence-electron chi connectivity index (χ3n) is 2.50. The van der Waals surface area contributed by atoms with E-state index in [9.17, 15) is 9.59 Å². The van der Waals surface area contributed by atoms with Gasteiger partial charge in [0.15, 0.2) is 18.1 Å². The molecule has 0 saturated heterocycles. The second-order valence-corrected chi connectivity index (χ2v) is 3.92. The van der Waals surface area contributed by atoms with Crippen LogP contribution in [-0.2, 0) is 9.53 Å². The predicted octanol–water partition coefficient (Wildman–Crippen LogP) is 0.364. The molecule has 0 fully saturated rings. The molecule has 0 radical (unpaired) electrons. The van der Waals surface area contributed by atoms with Crippen molar-refractivity contribution in [2.75, 3.05) is 26.4 Å². The maximum atomic E-state index is 11.8. The molecule has 1 N–H and O–H groups in total. The standard InChI is InChI=1S/C14H13NO5/c1-2-5-15-13(16)9-20-14(17)10-3-4-11-12(8-10)19-7-6-18-11/h1,3-4,8H,5-7,9H2,(H,15,16). The predicted molar refractivity (Wildman–Crippen MR) is 69.6 cm³/mol. The smallest absolute Gasteiger partial charge is 0.338 e. The van der Waals surface area contributed by atoms with E-state index in [-0.39, 0.29) is 13.2 Å². The van der Waals surface area contributed by atoms with E-state index in [4.69, 9.17) is 20.6 Å². The van der Waals surface area contributed by atoms with E-state index in [0.717, 1.165) is 0 Å². The lowest BCUT2D eigenvalue weighted by atomic mass is 10.2. The summed E-state index contributed by atoms with van der Waals surface area (Å²) >= 11 is 0. The summed E-state index contributed by atoms with van der Waals surface area (Å²) in [6.07, 6.45) is 4.99. The number of hydrogen-bond acceptors (Lipinski definition) is 5. The van der Waals surface area contributed by atoms with Crippen LogP contribution in [0, 0.1) is 12.3 Å². The Kier molecular flexibility index (Phi) is 4.45. The van der Waals surface area contributed by atoms with Gasteiger partial charge in [-0.15, -0.1) is 6.42 Å². The molecule has 1 aromatic carbocycles. The van der Waals surface area contributed by atoms with Crippen molar-refractivity contribution < 1.29 is 23.8 Å². The summed E-state index contributed by atoms with van der Waals surface area (Å²) in [4.78, 5) is 23.0. The van der Waals surface area contributed by atoms with Crippen molar-refractivity contribution in [1.82, 2.24) is 5.32 Å². The highest BCUT2D eigenvalue weighted by Gasteiger charge is 2.16. The number of benzene rings is 1. The van der Waals surface area contributed by atoms with Gasteiger partial charge in [-0.25, -0.2) is 4.79 Å². The molecule has 1 aliphatic heterocycles. The van der Waals surface area contributed by atoms with Crippen LogP contribution in [0.3, 0.4) is 0 Å². The van der Waals surface area contributed by atoms with E-state index >= 15 is 0 Å². The fourth-order valence-corrected chi connectivity index (χ4v) is 1.59. The summed E-state index contributed by atoms with van der Waals surface area (Å²) in [5, 5.41) is 2.39. The first-order chi connectivity index (χ1) is 9.70. The van der Waals surface area contributed by atoms with E-state index < -0.39 is 11.9 Å². The minimum absolute atomic E-state index is 0.0976. The lowest BCUT2D eigenvalue weighted by Crippen LogP contribution is -2.29. The molecule has 1 aliphatic rings. The van der Waals surface area contributed by atoms with Crippen LogP contribution in [0.5, 0.6) is 11.5 Å². The molecule has 6 heteroatoms. The maximum Gasteiger partial charge on any atom is 0.338 e. The highest BCUT2D eigenvalue weighted by Crippen LogP contribution is 2.30. The number of amides is 1. The van der Waals surface area contributed by atoms with Crippen LogP contribution >= 0.6 is 0 Å². The molecule has 0 bridgehead atoms. The molecule has 0 unspecified atom stereocenters. The molecule has 0 atom stereocenters. The Hall–Kier alpha value is -2.68. The van der Waals surface area contributed by atoms with Crippen molar-refractivity contribution in [2.45, 2.75) is 0 Å². The third kappa shape index (κ3) is 3.42. The van der Waals surface area contributed by atoms with Gasteiger partial charge in [-0.2, -0.15) is 0 Å². The Morgan fingerprint density at radius 2 is 2.05 bits per heavy atom. The van der Waals surface area contributed by atoms with Gasteiger partial charge in [-0.1, -0.05) is 5.92 Å². The third-order valence-corrected chi connectivity index (χ3v) is 2.50. The van der Waals surface area contributed by atoms with E-state index in [1.54, 1.807) is 12.1 Å². The Bertz CT molecular complexity index is 561. The van der Waals surface area contributed by atoms with Crippen LogP contribution in [-0.4, -0.2) is 38.2 Å². The molecule has 20 heavy (non-hydrogen) atoms. The molecule has 6 nitrogen and oxygen atoms in total. The van der Waals surface area contributed by atoms with Crippen LogP contribution in [0.4, 0.5) is 0 Å². The van der Waals surface area contributed by atoms with Crippen LogP contribution in [0.1, 0.15) is 10.4 Å². The second-order valence-electron chi connectivity index (χ2n) is 3.92. The highest BCUT2D eigenvalue weighted by atomic mass is 16.6. The highest BCUT2D eigenvalue weighted by molar-refractivity contribution is 5.92. The van der Waals surface area contributed by atoms with Crippen molar-refractivity contribution in [1.29, 1.82) is 0 Å². The van der Waals surface area contributed by atoms with Gasteiger partial charge in [0, 0.05) is 0 Å². The van der Waals surface area contributed by atoms with Gasteiger partial charge in [0.25, 0.3) is 5.91 Å². The first-order valence-electron chi connectivity index (χ1n) is 5.97. The van der Waals surface area contributed by atoms with Gasteiger partial charge in [-0.3, -0.25) is 4.79 Å². The number of hydrogen-bond donors (Lipinski definition) is 1. The molecular weight excluding hydrogens is 262 g/mol. The fourth-order valence-electron chi connectivity index (χ4n) is 1.59. The van der Waals surface area contributed by atoms with E-state index in [0.29, 0.717) is 30.3 Å². The molecule has 104 valence electrons. The first kappa shape index (κ1) is 13.7. The topological polar surface area (TPSA) is 73.9 Å². The molecule has 1 amide bonds. The number of nitrogens with one attached hydrogen (secondary N) is 1. The number of terminal acetylenes is 1. The molecule has 0 aromatic heterocycles. The Morgan fingerprint density at radius 3 is 2.80 bits per heavy atom. The van der Waals surface area contributed by atoms with Crippen LogP contribution in [0.2, 0.25) is 0 Å². The molecule has 1 heterocycles. The quantitative estimate of drug-likeness (QED) is 0.634. The molecular formula is C14H13NO5. The van der Waals surface area contributed by atoms with Crippen molar-refractivity contribution in [3.63, 3.8) is 0 Å². The largest absolute Gasteiger partial charge is 0.486 e. The van der Waals surface area contributed by atoms with Gasteiger partial charge in [0.05, 0.1) is 12.1 Å². The number of ether oxygens (including phenoxy) is 3. The average Bonchev–Trinajstić information content (AvgIpc) is 2.50. The zero-order valence-corrected chi connectivity index (χ0v) is 10.7. The molecule has 0 spiro atoms. The van der Waals surface area contributed by atoms with Gasteiger partial charge in [0.1, 0.15) is 13.2 Å². The average molecular weight is 275 g/mol. The zero-order valence-electron chi connectivity index (χ0n) is 10.7. The summed E-state index contributed by atoms with van der Waals surface area (Å²) in [6, 6.07) is 4.70. The van der Waals surface area contributed by atoms with Crippen LogP contribution in [0.25, 0.3) is 0 Å². The number of carbonyl (C=O) groups is 2. The SMILES string of the molecule is C#CCNC(=O)COC(=O)c1ccc2c(c1)OCCO2. The summed E-state index contributed by atoms with van der Waals surface area (Å²) in [6.45, 7) is 0.626. The molecule has 2 rings (SSSR count). The first-order valence-corrected chi connectivity index (χ1v) is 5.97. The van der Waals surface area contributed by atoms with Crippen molar-refractivity contribution in [2.24, 2.45) is 0 Å². The lowest BCUT2D eigenvalue weighted by molar-refractivity contribution is -0.123. The number of rotatable bonds is 4. The Labute approximate surface area is 116 Å². The normalized spacial score (nSPS) is 12.2. The van der Waals surface area contributed by atoms with Crippen LogP contribution < -0.4 is 14.8 Å². The van der Waals surface area contributed by atoms with Gasteiger partial charge in [0.2, 0.25) is 0 Å².